The number of alkyl halides is 1. The minimum Gasteiger partial charge on any atom is -0.379 e. The van der Waals surface area contributed by atoms with Gasteiger partial charge in [-0.3, -0.25) is 0 Å². The van der Waals surface area contributed by atoms with Crippen LogP contribution in [0.25, 0.3) is 0 Å². The predicted molar refractivity (Wildman–Crippen MR) is 66.6 cm³/mol. The summed E-state index contributed by atoms with van der Waals surface area (Å²) in [7, 11) is 0. The zero-order valence-corrected chi connectivity index (χ0v) is 11.4. The maximum Gasteiger partial charge on any atom is 0.0700 e. The molecule has 1 rings (SSSR count). The molecule has 90 valence electrons. The number of hydrogen-bond acceptors (Lipinski definition) is 2. The molecular weight excluding hydrogens is 256 g/mol. The van der Waals surface area contributed by atoms with Gasteiger partial charge < -0.3 is 9.47 Å². The Morgan fingerprint density at radius 3 is 2.33 bits per heavy atom. The molecule has 15 heavy (non-hydrogen) atoms. The molecule has 1 saturated carbocycles. The van der Waals surface area contributed by atoms with Crippen molar-refractivity contribution in [2.24, 2.45) is 5.41 Å². The Morgan fingerprint density at radius 1 is 1.07 bits per heavy atom. The van der Waals surface area contributed by atoms with Crippen LogP contribution in [-0.2, 0) is 9.47 Å². The summed E-state index contributed by atoms with van der Waals surface area (Å²) in [5.41, 5.74) is 0.407. The third-order valence-corrected chi connectivity index (χ3v) is 4.37. The van der Waals surface area contributed by atoms with Crippen LogP contribution in [0.15, 0.2) is 0 Å². The molecule has 0 radical (unpaired) electrons. The van der Waals surface area contributed by atoms with Gasteiger partial charge in [0.2, 0.25) is 0 Å². The molecule has 0 aromatic carbocycles. The molecule has 3 heteroatoms. The van der Waals surface area contributed by atoms with E-state index in [9.17, 15) is 0 Å². The monoisotopic (exact) mass is 278 g/mol. The Bertz CT molecular complexity index is 156. The highest BCUT2D eigenvalue weighted by atomic mass is 79.9. The van der Waals surface area contributed by atoms with E-state index >= 15 is 0 Å². The lowest BCUT2D eigenvalue weighted by Crippen LogP contribution is -2.31. The van der Waals surface area contributed by atoms with Crippen LogP contribution in [-0.4, -0.2) is 31.8 Å². The Balaban J connectivity index is 2.15. The summed E-state index contributed by atoms with van der Waals surface area (Å²) in [6, 6.07) is 0. The summed E-state index contributed by atoms with van der Waals surface area (Å²) < 4.78 is 11.0. The molecule has 0 aliphatic heterocycles. The summed E-state index contributed by atoms with van der Waals surface area (Å²) in [4.78, 5) is 0. The fourth-order valence-electron chi connectivity index (χ4n) is 2.17. The first-order valence-electron chi connectivity index (χ1n) is 6.04. The summed E-state index contributed by atoms with van der Waals surface area (Å²) in [5.74, 6) is 0. The molecule has 0 bridgehead atoms. The molecule has 0 N–H and O–H groups in total. The van der Waals surface area contributed by atoms with Crippen molar-refractivity contribution in [3.8, 4) is 0 Å². The van der Waals surface area contributed by atoms with Gasteiger partial charge in [0.15, 0.2) is 0 Å². The first-order chi connectivity index (χ1) is 7.33. The molecule has 0 aromatic heterocycles. The molecular formula is C12H23BrO2. The van der Waals surface area contributed by atoms with Gasteiger partial charge in [0.1, 0.15) is 0 Å². The van der Waals surface area contributed by atoms with E-state index in [0.717, 1.165) is 31.8 Å². The van der Waals surface area contributed by atoms with Crippen LogP contribution in [0, 0.1) is 5.41 Å². The number of halogens is 1. The lowest BCUT2D eigenvalue weighted by atomic mass is 9.76. The Hall–Kier alpha value is 0.400. The molecule has 0 heterocycles. The van der Waals surface area contributed by atoms with Crippen LogP contribution in [0.5, 0.6) is 0 Å². The first-order valence-corrected chi connectivity index (χ1v) is 7.16. The second kappa shape index (κ2) is 7.64. The zero-order chi connectivity index (χ0) is 11.0. The van der Waals surface area contributed by atoms with E-state index in [1.807, 2.05) is 6.92 Å². The van der Waals surface area contributed by atoms with E-state index in [4.69, 9.17) is 9.47 Å². The van der Waals surface area contributed by atoms with Crippen LogP contribution in [0.1, 0.15) is 39.0 Å². The van der Waals surface area contributed by atoms with Crippen LogP contribution in [0.2, 0.25) is 0 Å². The second-order valence-electron chi connectivity index (χ2n) is 4.44. The lowest BCUT2D eigenvalue weighted by molar-refractivity contribution is 0.00224. The maximum atomic E-state index is 5.71. The lowest BCUT2D eigenvalue weighted by Gasteiger charge is -2.35. The molecule has 0 amide bonds. The highest BCUT2D eigenvalue weighted by Gasteiger charge is 2.30. The Kier molecular flexibility index (Phi) is 6.86. The normalized spacial score (nSPS) is 20.4. The first kappa shape index (κ1) is 13.5. The van der Waals surface area contributed by atoms with Gasteiger partial charge in [-0.25, -0.2) is 0 Å². The molecule has 0 unspecified atom stereocenters. The van der Waals surface area contributed by atoms with Crippen molar-refractivity contribution in [3.63, 3.8) is 0 Å². The summed E-state index contributed by atoms with van der Waals surface area (Å²) in [5, 5.41) is 1.08. The predicted octanol–water partition coefficient (Wildman–Crippen LogP) is 3.38. The SMILES string of the molecule is CCOCCOCC1(CBr)CCCCC1. The Labute approximate surface area is 102 Å². The summed E-state index contributed by atoms with van der Waals surface area (Å²) >= 11 is 3.64. The van der Waals surface area contributed by atoms with Gasteiger partial charge in [-0.1, -0.05) is 35.2 Å². The van der Waals surface area contributed by atoms with E-state index < -0.39 is 0 Å². The smallest absolute Gasteiger partial charge is 0.0700 e. The molecule has 0 atom stereocenters. The minimum absolute atomic E-state index is 0.407. The maximum absolute atomic E-state index is 5.71. The molecule has 0 spiro atoms. The van der Waals surface area contributed by atoms with E-state index in [2.05, 4.69) is 15.9 Å². The van der Waals surface area contributed by atoms with Crippen molar-refractivity contribution in [3.05, 3.63) is 0 Å². The van der Waals surface area contributed by atoms with E-state index in [-0.39, 0.29) is 0 Å². The fourth-order valence-corrected chi connectivity index (χ4v) is 2.89. The highest BCUT2D eigenvalue weighted by Crippen LogP contribution is 2.37. The summed E-state index contributed by atoms with van der Waals surface area (Å²) in [6.45, 7) is 5.16. The quantitative estimate of drug-likeness (QED) is 0.525. The zero-order valence-electron chi connectivity index (χ0n) is 9.77. The van der Waals surface area contributed by atoms with Gasteiger partial charge >= 0.3 is 0 Å². The van der Waals surface area contributed by atoms with Crippen LogP contribution >= 0.6 is 15.9 Å². The van der Waals surface area contributed by atoms with Crippen LogP contribution in [0.4, 0.5) is 0 Å². The van der Waals surface area contributed by atoms with E-state index in [0.29, 0.717) is 5.41 Å². The standard InChI is InChI=1S/C12H23BrO2/c1-2-14-8-9-15-11-12(10-13)6-4-3-5-7-12/h2-11H2,1H3. The average Bonchev–Trinajstić information content (AvgIpc) is 2.30. The van der Waals surface area contributed by atoms with Crippen molar-refractivity contribution in [2.75, 3.05) is 31.8 Å². The molecule has 1 fully saturated rings. The highest BCUT2D eigenvalue weighted by molar-refractivity contribution is 9.09. The topological polar surface area (TPSA) is 18.5 Å². The largest absolute Gasteiger partial charge is 0.379 e. The van der Waals surface area contributed by atoms with Gasteiger partial charge in [-0.15, -0.1) is 0 Å². The third-order valence-electron chi connectivity index (χ3n) is 3.18. The fraction of sp³-hybridized carbons (Fsp3) is 1.00. The van der Waals surface area contributed by atoms with Crippen molar-refractivity contribution in [2.45, 2.75) is 39.0 Å². The van der Waals surface area contributed by atoms with Gasteiger partial charge in [-0.05, 0) is 19.8 Å². The number of hydrogen-bond donors (Lipinski definition) is 0. The minimum atomic E-state index is 0.407. The van der Waals surface area contributed by atoms with Crippen LogP contribution < -0.4 is 0 Å². The van der Waals surface area contributed by atoms with Crippen LogP contribution in [0.3, 0.4) is 0 Å². The average molecular weight is 279 g/mol. The van der Waals surface area contributed by atoms with Crippen molar-refractivity contribution in [1.29, 1.82) is 0 Å². The Morgan fingerprint density at radius 2 is 1.73 bits per heavy atom. The van der Waals surface area contributed by atoms with Gasteiger partial charge in [-0.2, -0.15) is 0 Å². The van der Waals surface area contributed by atoms with Crippen molar-refractivity contribution in [1.82, 2.24) is 0 Å². The van der Waals surface area contributed by atoms with Crippen molar-refractivity contribution < 1.29 is 9.47 Å². The van der Waals surface area contributed by atoms with Gasteiger partial charge in [0.05, 0.1) is 19.8 Å². The molecule has 1 aliphatic rings. The summed E-state index contributed by atoms with van der Waals surface area (Å²) in [6.07, 6.45) is 6.74. The van der Waals surface area contributed by atoms with E-state index in [1.54, 1.807) is 0 Å². The molecule has 1 aliphatic carbocycles. The molecule has 0 saturated heterocycles. The second-order valence-corrected chi connectivity index (χ2v) is 5.00. The molecule has 0 aromatic rings. The van der Waals surface area contributed by atoms with Gasteiger partial charge in [0, 0.05) is 17.4 Å². The number of rotatable bonds is 7. The van der Waals surface area contributed by atoms with E-state index in [1.165, 1.54) is 32.1 Å². The van der Waals surface area contributed by atoms with Gasteiger partial charge in [0.25, 0.3) is 0 Å². The number of ether oxygens (including phenoxy) is 2. The third kappa shape index (κ3) is 4.83. The van der Waals surface area contributed by atoms with Crippen molar-refractivity contribution >= 4 is 15.9 Å². The molecule has 2 nitrogen and oxygen atoms in total.